The van der Waals surface area contributed by atoms with E-state index in [2.05, 4.69) is 39.5 Å². The molecule has 1 aromatic rings. The highest BCUT2D eigenvalue weighted by molar-refractivity contribution is 5.80. The van der Waals surface area contributed by atoms with Crippen LogP contribution in [0.4, 0.5) is 0 Å². The standard InChI is InChI=1S/C14H24N4/c1-3-6-12-11-13(12)17-14(15-2)16-7-10-18-8-4-5-9-18/h4-5,8-9,12-13H,3,6-7,10-11H2,1-2H3,(H2,15,16,17). The van der Waals surface area contributed by atoms with E-state index in [0.717, 1.165) is 25.0 Å². The first-order valence-corrected chi connectivity index (χ1v) is 6.91. The predicted molar refractivity (Wildman–Crippen MR) is 75.7 cm³/mol. The molecular weight excluding hydrogens is 224 g/mol. The zero-order chi connectivity index (χ0) is 12.8. The molecule has 0 bridgehead atoms. The molecule has 2 atom stereocenters. The quantitative estimate of drug-likeness (QED) is 0.596. The van der Waals surface area contributed by atoms with E-state index in [1.165, 1.54) is 19.3 Å². The van der Waals surface area contributed by atoms with Crippen molar-refractivity contribution in [1.82, 2.24) is 15.2 Å². The van der Waals surface area contributed by atoms with Crippen molar-refractivity contribution in [1.29, 1.82) is 0 Å². The van der Waals surface area contributed by atoms with Crippen molar-refractivity contribution in [2.75, 3.05) is 13.6 Å². The predicted octanol–water partition coefficient (Wildman–Crippen LogP) is 1.84. The lowest BCUT2D eigenvalue weighted by atomic mass is 10.2. The fourth-order valence-electron chi connectivity index (χ4n) is 2.31. The van der Waals surface area contributed by atoms with Crippen LogP contribution in [0.1, 0.15) is 26.2 Å². The van der Waals surface area contributed by atoms with Gasteiger partial charge in [-0.05, 0) is 30.9 Å². The Morgan fingerprint density at radius 3 is 2.83 bits per heavy atom. The summed E-state index contributed by atoms with van der Waals surface area (Å²) in [6, 6.07) is 4.74. The Bertz CT molecular complexity index is 369. The number of nitrogens with zero attached hydrogens (tertiary/aromatic N) is 2. The molecule has 2 N–H and O–H groups in total. The molecule has 4 nitrogen and oxygen atoms in total. The molecular formula is C14H24N4. The molecule has 1 aliphatic carbocycles. The number of hydrogen-bond donors (Lipinski definition) is 2. The molecule has 0 aromatic carbocycles. The number of guanidine groups is 1. The van der Waals surface area contributed by atoms with Crippen LogP contribution in [-0.2, 0) is 6.54 Å². The third kappa shape index (κ3) is 3.79. The van der Waals surface area contributed by atoms with Gasteiger partial charge in [0.15, 0.2) is 5.96 Å². The van der Waals surface area contributed by atoms with Gasteiger partial charge in [0, 0.05) is 38.6 Å². The van der Waals surface area contributed by atoms with E-state index in [-0.39, 0.29) is 0 Å². The van der Waals surface area contributed by atoms with Gasteiger partial charge in [0.05, 0.1) is 0 Å². The van der Waals surface area contributed by atoms with Crippen LogP contribution in [0, 0.1) is 5.92 Å². The van der Waals surface area contributed by atoms with Gasteiger partial charge in [0.1, 0.15) is 0 Å². The second-order valence-electron chi connectivity index (χ2n) is 4.96. The summed E-state index contributed by atoms with van der Waals surface area (Å²) in [6.45, 7) is 4.12. The summed E-state index contributed by atoms with van der Waals surface area (Å²) in [5, 5.41) is 6.84. The van der Waals surface area contributed by atoms with Crippen LogP contribution >= 0.6 is 0 Å². The van der Waals surface area contributed by atoms with Gasteiger partial charge in [0.2, 0.25) is 0 Å². The van der Waals surface area contributed by atoms with Crippen LogP contribution in [0.3, 0.4) is 0 Å². The van der Waals surface area contributed by atoms with Crippen LogP contribution in [0.5, 0.6) is 0 Å². The van der Waals surface area contributed by atoms with Crippen molar-refractivity contribution >= 4 is 5.96 Å². The average molecular weight is 248 g/mol. The monoisotopic (exact) mass is 248 g/mol. The molecule has 4 heteroatoms. The van der Waals surface area contributed by atoms with E-state index in [9.17, 15) is 0 Å². The molecule has 1 heterocycles. The Hall–Kier alpha value is -1.45. The largest absolute Gasteiger partial charge is 0.355 e. The topological polar surface area (TPSA) is 41.4 Å². The van der Waals surface area contributed by atoms with Gasteiger partial charge < -0.3 is 15.2 Å². The third-order valence-electron chi connectivity index (χ3n) is 3.46. The SMILES string of the molecule is CCCC1CC1NC(=NC)NCCn1cccc1. The Labute approximate surface area is 109 Å². The van der Waals surface area contributed by atoms with Crippen molar-refractivity contribution in [2.45, 2.75) is 38.8 Å². The van der Waals surface area contributed by atoms with Gasteiger partial charge >= 0.3 is 0 Å². The summed E-state index contributed by atoms with van der Waals surface area (Å²) in [5.74, 6) is 1.80. The summed E-state index contributed by atoms with van der Waals surface area (Å²) >= 11 is 0. The molecule has 0 spiro atoms. The molecule has 1 aromatic heterocycles. The Balaban J connectivity index is 1.64. The van der Waals surface area contributed by atoms with Crippen molar-refractivity contribution < 1.29 is 0 Å². The van der Waals surface area contributed by atoms with Gasteiger partial charge in [-0.2, -0.15) is 0 Å². The van der Waals surface area contributed by atoms with Gasteiger partial charge in [-0.15, -0.1) is 0 Å². The van der Waals surface area contributed by atoms with Gasteiger partial charge in [0.25, 0.3) is 0 Å². The van der Waals surface area contributed by atoms with Crippen LogP contribution < -0.4 is 10.6 Å². The van der Waals surface area contributed by atoms with Crippen LogP contribution in [0.25, 0.3) is 0 Å². The first-order chi connectivity index (χ1) is 8.83. The van der Waals surface area contributed by atoms with Crippen LogP contribution in [0.2, 0.25) is 0 Å². The molecule has 1 saturated carbocycles. The summed E-state index contributed by atoms with van der Waals surface area (Å²) in [6.07, 6.45) is 8.07. The second kappa shape index (κ2) is 6.47. The summed E-state index contributed by atoms with van der Waals surface area (Å²) in [4.78, 5) is 4.27. The van der Waals surface area contributed by atoms with Crippen molar-refractivity contribution in [3.63, 3.8) is 0 Å². The lowest BCUT2D eigenvalue weighted by molar-refractivity contribution is 0.640. The first kappa shape index (κ1) is 13.0. The number of rotatable bonds is 6. The molecule has 0 aliphatic heterocycles. The van der Waals surface area contributed by atoms with E-state index in [4.69, 9.17) is 0 Å². The Kier molecular flexibility index (Phi) is 4.67. The highest BCUT2D eigenvalue weighted by atomic mass is 15.2. The fraction of sp³-hybridized carbons (Fsp3) is 0.643. The lowest BCUT2D eigenvalue weighted by Crippen LogP contribution is -2.40. The minimum atomic E-state index is 0.641. The van der Waals surface area contributed by atoms with Crippen molar-refractivity contribution in [3.05, 3.63) is 24.5 Å². The molecule has 0 amide bonds. The van der Waals surface area contributed by atoms with E-state index in [0.29, 0.717) is 6.04 Å². The molecule has 1 aliphatic rings. The van der Waals surface area contributed by atoms with Crippen molar-refractivity contribution in [3.8, 4) is 0 Å². The molecule has 0 saturated heterocycles. The summed E-state index contributed by atoms with van der Waals surface area (Å²) in [7, 11) is 1.84. The van der Waals surface area contributed by atoms with Crippen LogP contribution in [-0.4, -0.2) is 30.2 Å². The van der Waals surface area contributed by atoms with Gasteiger partial charge in [-0.1, -0.05) is 13.3 Å². The van der Waals surface area contributed by atoms with E-state index < -0.39 is 0 Å². The van der Waals surface area contributed by atoms with Crippen molar-refractivity contribution in [2.24, 2.45) is 10.9 Å². The Morgan fingerprint density at radius 2 is 2.17 bits per heavy atom. The van der Waals surface area contributed by atoms with E-state index >= 15 is 0 Å². The maximum Gasteiger partial charge on any atom is 0.191 e. The second-order valence-corrected chi connectivity index (χ2v) is 4.96. The number of hydrogen-bond acceptors (Lipinski definition) is 1. The molecule has 100 valence electrons. The first-order valence-electron chi connectivity index (χ1n) is 6.91. The lowest BCUT2D eigenvalue weighted by Gasteiger charge is -2.12. The number of aliphatic imine (C=N–C) groups is 1. The normalized spacial score (nSPS) is 22.9. The Morgan fingerprint density at radius 1 is 1.39 bits per heavy atom. The van der Waals surface area contributed by atoms with E-state index in [1.54, 1.807) is 0 Å². The minimum absolute atomic E-state index is 0.641. The zero-order valence-electron chi connectivity index (χ0n) is 11.4. The van der Waals surface area contributed by atoms with Gasteiger partial charge in [-0.25, -0.2) is 0 Å². The fourth-order valence-corrected chi connectivity index (χ4v) is 2.31. The smallest absolute Gasteiger partial charge is 0.191 e. The number of nitrogens with one attached hydrogen (secondary N) is 2. The minimum Gasteiger partial charge on any atom is -0.355 e. The highest BCUT2D eigenvalue weighted by Crippen LogP contribution is 2.34. The maximum atomic E-state index is 4.27. The molecule has 2 unspecified atom stereocenters. The molecule has 2 rings (SSSR count). The highest BCUT2D eigenvalue weighted by Gasteiger charge is 2.36. The zero-order valence-corrected chi connectivity index (χ0v) is 11.4. The molecule has 1 fully saturated rings. The van der Waals surface area contributed by atoms with Gasteiger partial charge in [-0.3, -0.25) is 4.99 Å². The van der Waals surface area contributed by atoms with Crippen LogP contribution in [0.15, 0.2) is 29.5 Å². The summed E-state index contributed by atoms with van der Waals surface area (Å²) < 4.78 is 2.16. The van der Waals surface area contributed by atoms with E-state index in [1.807, 2.05) is 19.2 Å². The third-order valence-corrected chi connectivity index (χ3v) is 3.46. The maximum absolute atomic E-state index is 4.27. The molecule has 18 heavy (non-hydrogen) atoms. The number of aromatic nitrogens is 1. The summed E-state index contributed by atoms with van der Waals surface area (Å²) in [5.41, 5.74) is 0. The average Bonchev–Trinajstić information content (AvgIpc) is 2.90. The molecule has 0 radical (unpaired) electrons.